The predicted octanol–water partition coefficient (Wildman–Crippen LogP) is 5.15. The van der Waals surface area contributed by atoms with Gasteiger partial charge >= 0.3 is 11.9 Å². The first kappa shape index (κ1) is 22.7. The van der Waals surface area contributed by atoms with E-state index in [-0.39, 0.29) is 18.0 Å². The molecule has 32 heavy (non-hydrogen) atoms. The minimum atomic E-state index is -0.146. The highest BCUT2D eigenvalue weighted by Crippen LogP contribution is 2.71. The lowest BCUT2D eigenvalue weighted by molar-refractivity contribution is -0.157. The van der Waals surface area contributed by atoms with Crippen LogP contribution < -0.4 is 0 Å². The summed E-state index contributed by atoms with van der Waals surface area (Å²) in [6, 6.07) is 0. The summed E-state index contributed by atoms with van der Waals surface area (Å²) in [6.07, 6.45) is 10.7. The van der Waals surface area contributed by atoms with Gasteiger partial charge < -0.3 is 14.2 Å². The molecule has 0 N–H and O–H groups in total. The van der Waals surface area contributed by atoms with Gasteiger partial charge in [-0.3, -0.25) is 9.59 Å². The van der Waals surface area contributed by atoms with Gasteiger partial charge in [-0.15, -0.1) is 0 Å². The summed E-state index contributed by atoms with van der Waals surface area (Å²) >= 11 is 0. The van der Waals surface area contributed by atoms with Crippen molar-refractivity contribution in [2.75, 3.05) is 7.11 Å². The van der Waals surface area contributed by atoms with Crippen LogP contribution in [-0.2, 0) is 23.8 Å². The number of hydrogen-bond donors (Lipinski definition) is 0. The fourth-order valence-electron chi connectivity index (χ4n) is 9.46. The van der Waals surface area contributed by atoms with Crippen molar-refractivity contribution < 1.29 is 23.8 Å². The molecule has 180 valence electrons. The summed E-state index contributed by atoms with van der Waals surface area (Å²) < 4.78 is 17.0. The van der Waals surface area contributed by atoms with Crippen LogP contribution in [-0.4, -0.2) is 37.4 Å². The zero-order chi connectivity index (χ0) is 22.8. The van der Waals surface area contributed by atoms with Crippen LogP contribution >= 0.6 is 0 Å². The number of fused-ring (bicyclic) bond motifs is 8. The molecule has 4 unspecified atom stereocenters. The molecule has 0 aromatic heterocycles. The fraction of sp³-hybridized carbons (Fsp3) is 0.926. The van der Waals surface area contributed by atoms with Crippen molar-refractivity contribution in [2.45, 2.75) is 104 Å². The number of hydrogen-bond acceptors (Lipinski definition) is 5. The van der Waals surface area contributed by atoms with Gasteiger partial charge in [0.2, 0.25) is 0 Å². The van der Waals surface area contributed by atoms with E-state index >= 15 is 0 Å². The molecule has 0 bridgehead atoms. The second-order valence-electron chi connectivity index (χ2n) is 12.3. The number of epoxide rings is 1. The van der Waals surface area contributed by atoms with Crippen LogP contribution in [0.5, 0.6) is 0 Å². The van der Waals surface area contributed by atoms with Gasteiger partial charge in [0.05, 0.1) is 19.3 Å². The molecule has 5 rings (SSSR count). The Morgan fingerprint density at radius 2 is 1.72 bits per heavy atom. The number of carbonyl (C=O) groups is 2. The summed E-state index contributed by atoms with van der Waals surface area (Å²) in [5, 5.41) is 0. The Hall–Kier alpha value is -1.10. The summed E-state index contributed by atoms with van der Waals surface area (Å²) in [7, 11) is 1.49. The fourth-order valence-corrected chi connectivity index (χ4v) is 9.46. The van der Waals surface area contributed by atoms with Crippen LogP contribution in [0.2, 0.25) is 0 Å². The Morgan fingerprint density at radius 3 is 2.44 bits per heavy atom. The molecule has 0 radical (unpaired) electrons. The van der Waals surface area contributed by atoms with Gasteiger partial charge in [0.25, 0.3) is 0 Å². The normalized spacial score (nSPS) is 49.7. The lowest BCUT2D eigenvalue weighted by atomic mass is 9.44. The van der Waals surface area contributed by atoms with Crippen molar-refractivity contribution in [1.82, 2.24) is 0 Å². The van der Waals surface area contributed by atoms with E-state index in [1.807, 2.05) is 0 Å². The molecule has 1 heterocycles. The Labute approximate surface area is 193 Å². The summed E-state index contributed by atoms with van der Waals surface area (Å²) in [6.45, 7) is 8.99. The molecule has 4 saturated carbocycles. The maximum absolute atomic E-state index is 11.7. The number of rotatable bonds is 5. The number of esters is 2. The van der Waals surface area contributed by atoms with E-state index in [1.54, 1.807) is 0 Å². The Bertz CT molecular complexity index is 765. The van der Waals surface area contributed by atoms with Crippen LogP contribution in [0.1, 0.15) is 85.5 Å². The number of carbonyl (C=O) groups excluding carboxylic acids is 2. The Morgan fingerprint density at radius 1 is 1.00 bits per heavy atom. The largest absolute Gasteiger partial charge is 0.469 e. The molecule has 5 aliphatic rings. The van der Waals surface area contributed by atoms with Crippen molar-refractivity contribution in [3.8, 4) is 0 Å². The van der Waals surface area contributed by atoms with Gasteiger partial charge in [-0.25, -0.2) is 0 Å². The molecule has 1 aliphatic heterocycles. The molecule has 0 amide bonds. The molecule has 5 heteroatoms. The second-order valence-corrected chi connectivity index (χ2v) is 12.3. The quantitative estimate of drug-likeness (QED) is 0.431. The van der Waals surface area contributed by atoms with E-state index in [9.17, 15) is 9.59 Å². The Balaban J connectivity index is 1.32. The molecule has 1 saturated heterocycles. The van der Waals surface area contributed by atoms with Crippen LogP contribution in [0.25, 0.3) is 0 Å². The third kappa shape index (κ3) is 3.44. The zero-order valence-corrected chi connectivity index (χ0v) is 20.6. The van der Waals surface area contributed by atoms with Gasteiger partial charge in [0, 0.05) is 13.3 Å². The van der Waals surface area contributed by atoms with Crippen LogP contribution in [0, 0.1) is 46.3 Å². The summed E-state index contributed by atoms with van der Waals surface area (Å²) in [4.78, 5) is 23.3. The van der Waals surface area contributed by atoms with E-state index in [0.29, 0.717) is 53.1 Å². The molecule has 11 atom stereocenters. The van der Waals surface area contributed by atoms with Crippen LogP contribution in [0.4, 0.5) is 0 Å². The summed E-state index contributed by atoms with van der Waals surface area (Å²) in [5.41, 5.74) is 0.681. The summed E-state index contributed by atoms with van der Waals surface area (Å²) in [5.74, 6) is 3.72. The van der Waals surface area contributed by atoms with Crippen molar-refractivity contribution in [2.24, 2.45) is 46.3 Å². The smallest absolute Gasteiger partial charge is 0.305 e. The van der Waals surface area contributed by atoms with Gasteiger partial charge in [0.15, 0.2) is 0 Å². The van der Waals surface area contributed by atoms with Crippen molar-refractivity contribution in [1.29, 1.82) is 0 Å². The molecular weight excluding hydrogens is 404 g/mol. The molecule has 4 aliphatic carbocycles. The van der Waals surface area contributed by atoms with Gasteiger partial charge in [-0.2, -0.15) is 0 Å². The van der Waals surface area contributed by atoms with Gasteiger partial charge in [-0.05, 0) is 97.7 Å². The van der Waals surface area contributed by atoms with E-state index in [0.717, 1.165) is 37.5 Å². The standard InChI is InChI=1S/C27H42O5/c1-15(6-9-22(29)30-5)18-7-8-19-23-20(11-13-26(18,19)3)27(4)12-10-17(31-16(2)28)14-21(27)24-25(23)32-24/h15,17-21,23-25H,6-14H2,1-5H3/t15-,17-,18?,19?,20?,21+,23?,24-,25+,26-,27-/m1/s1. The van der Waals surface area contributed by atoms with Gasteiger partial charge in [0.1, 0.15) is 6.10 Å². The lowest BCUT2D eigenvalue weighted by Gasteiger charge is -2.59. The van der Waals surface area contributed by atoms with Crippen LogP contribution in [0.3, 0.4) is 0 Å². The first-order chi connectivity index (χ1) is 15.2. The van der Waals surface area contributed by atoms with E-state index in [4.69, 9.17) is 14.2 Å². The van der Waals surface area contributed by atoms with Crippen LogP contribution in [0.15, 0.2) is 0 Å². The van der Waals surface area contributed by atoms with Crippen molar-refractivity contribution >= 4 is 11.9 Å². The van der Waals surface area contributed by atoms with Crippen molar-refractivity contribution in [3.05, 3.63) is 0 Å². The predicted molar refractivity (Wildman–Crippen MR) is 121 cm³/mol. The minimum absolute atomic E-state index is 0.0763. The third-order valence-electron chi connectivity index (χ3n) is 11.0. The zero-order valence-electron chi connectivity index (χ0n) is 20.6. The molecular formula is C27H42O5. The van der Waals surface area contributed by atoms with E-state index in [2.05, 4.69) is 20.8 Å². The molecule has 0 spiro atoms. The third-order valence-corrected chi connectivity index (χ3v) is 11.0. The average Bonchev–Trinajstić information content (AvgIpc) is 3.46. The number of methoxy groups -OCH3 is 1. The maximum atomic E-state index is 11.7. The highest BCUT2D eigenvalue weighted by atomic mass is 16.6. The Kier molecular flexibility index (Phi) is 5.66. The highest BCUT2D eigenvalue weighted by Gasteiger charge is 2.70. The van der Waals surface area contributed by atoms with Crippen molar-refractivity contribution in [3.63, 3.8) is 0 Å². The SMILES string of the molecule is COC(=O)CC[C@@H](C)C1CCC2C3C(CC[C@@]21C)[C@@]1(C)CC[C@@H](OC(C)=O)C[C@H]1[C@H]1O[C@@H]31. The molecule has 5 fully saturated rings. The van der Waals surface area contributed by atoms with Gasteiger partial charge in [-0.1, -0.05) is 20.8 Å². The first-order valence-electron chi connectivity index (χ1n) is 13.1. The maximum Gasteiger partial charge on any atom is 0.305 e. The molecule has 5 nitrogen and oxygen atoms in total. The molecule has 0 aromatic rings. The minimum Gasteiger partial charge on any atom is -0.469 e. The van der Waals surface area contributed by atoms with E-state index in [1.165, 1.54) is 39.7 Å². The average molecular weight is 447 g/mol. The first-order valence-corrected chi connectivity index (χ1v) is 13.1. The highest BCUT2D eigenvalue weighted by molar-refractivity contribution is 5.69. The monoisotopic (exact) mass is 446 g/mol. The molecule has 0 aromatic carbocycles. The van der Waals surface area contributed by atoms with E-state index < -0.39 is 0 Å². The second kappa shape index (κ2) is 7.99. The lowest BCUT2D eigenvalue weighted by Crippen LogP contribution is -2.57. The number of ether oxygens (including phenoxy) is 3. The topological polar surface area (TPSA) is 65.1 Å².